The van der Waals surface area contributed by atoms with Crippen LogP contribution in [0, 0.1) is 5.82 Å². The lowest BCUT2D eigenvalue weighted by molar-refractivity contribution is 0.0959. The summed E-state index contributed by atoms with van der Waals surface area (Å²) < 4.78 is 35.4. The van der Waals surface area contributed by atoms with Crippen LogP contribution < -0.4 is 10.5 Å². The fourth-order valence-electron chi connectivity index (χ4n) is 1.06. The highest BCUT2D eigenvalue weighted by Gasteiger charge is 2.19. The second-order valence-corrected chi connectivity index (χ2v) is 4.82. The summed E-state index contributed by atoms with van der Waals surface area (Å²) in [6.07, 6.45) is 0. The van der Waals surface area contributed by atoms with Crippen LogP contribution >= 0.6 is 11.6 Å². The molecule has 0 radical (unpaired) electrons. The molecule has 0 saturated carbocycles. The minimum absolute atomic E-state index is 0.368. The molecule has 0 aromatic heterocycles. The SMILES string of the molecule is CNC(=O)c1cc(S(N)(=O)=O)c(Cl)cc1F. The van der Waals surface area contributed by atoms with Gasteiger partial charge in [0.25, 0.3) is 5.91 Å². The van der Waals surface area contributed by atoms with Gasteiger partial charge in [-0.05, 0) is 12.1 Å². The number of nitrogens with one attached hydrogen (secondary N) is 1. The van der Waals surface area contributed by atoms with Crippen LogP contribution in [-0.2, 0) is 10.0 Å². The van der Waals surface area contributed by atoms with E-state index in [1.165, 1.54) is 7.05 Å². The van der Waals surface area contributed by atoms with Gasteiger partial charge in [-0.1, -0.05) is 11.6 Å². The third kappa shape index (κ3) is 2.49. The zero-order valence-electron chi connectivity index (χ0n) is 8.12. The van der Waals surface area contributed by atoms with E-state index < -0.39 is 32.2 Å². The maximum absolute atomic E-state index is 13.3. The van der Waals surface area contributed by atoms with Crippen LogP contribution in [0.3, 0.4) is 0 Å². The molecular formula is C8H8ClFN2O3S. The number of rotatable bonds is 2. The Bertz CT molecular complexity index is 544. The molecule has 0 atom stereocenters. The van der Waals surface area contributed by atoms with Gasteiger partial charge >= 0.3 is 0 Å². The van der Waals surface area contributed by atoms with E-state index in [4.69, 9.17) is 16.7 Å². The van der Waals surface area contributed by atoms with Crippen LogP contribution in [0.2, 0.25) is 5.02 Å². The van der Waals surface area contributed by atoms with E-state index in [-0.39, 0.29) is 5.02 Å². The molecule has 0 aliphatic rings. The molecule has 1 rings (SSSR count). The van der Waals surface area contributed by atoms with Crippen LogP contribution in [0.25, 0.3) is 0 Å². The van der Waals surface area contributed by atoms with Gasteiger partial charge < -0.3 is 5.32 Å². The smallest absolute Gasteiger partial charge is 0.254 e. The fraction of sp³-hybridized carbons (Fsp3) is 0.125. The number of amides is 1. The lowest BCUT2D eigenvalue weighted by Gasteiger charge is -2.06. The first-order chi connectivity index (χ1) is 7.27. The molecule has 0 fully saturated rings. The van der Waals surface area contributed by atoms with Crippen molar-refractivity contribution in [2.45, 2.75) is 4.90 Å². The molecule has 1 aromatic carbocycles. The topological polar surface area (TPSA) is 89.3 Å². The van der Waals surface area contributed by atoms with Gasteiger partial charge in [0.1, 0.15) is 10.7 Å². The van der Waals surface area contributed by atoms with Gasteiger partial charge in [-0.3, -0.25) is 4.79 Å². The molecule has 3 N–H and O–H groups in total. The summed E-state index contributed by atoms with van der Waals surface area (Å²) in [4.78, 5) is 10.7. The van der Waals surface area contributed by atoms with Crippen LogP contribution in [0.4, 0.5) is 4.39 Å². The van der Waals surface area contributed by atoms with E-state index in [2.05, 4.69) is 5.32 Å². The number of carbonyl (C=O) groups is 1. The molecule has 5 nitrogen and oxygen atoms in total. The average Bonchev–Trinajstić information content (AvgIpc) is 2.14. The molecule has 8 heteroatoms. The Hall–Kier alpha value is -1.18. The highest BCUT2D eigenvalue weighted by molar-refractivity contribution is 7.89. The fourth-order valence-corrected chi connectivity index (χ4v) is 2.14. The summed E-state index contributed by atoms with van der Waals surface area (Å²) in [6, 6.07) is 1.53. The number of hydrogen-bond donors (Lipinski definition) is 2. The van der Waals surface area contributed by atoms with Crippen molar-refractivity contribution in [2.75, 3.05) is 7.05 Å². The van der Waals surface area contributed by atoms with Crippen molar-refractivity contribution in [3.05, 3.63) is 28.5 Å². The molecule has 0 spiro atoms. The first kappa shape index (κ1) is 12.9. The van der Waals surface area contributed by atoms with Gasteiger partial charge in [0.15, 0.2) is 0 Å². The number of carbonyl (C=O) groups excluding carboxylic acids is 1. The number of halogens is 2. The largest absolute Gasteiger partial charge is 0.355 e. The van der Waals surface area contributed by atoms with Gasteiger partial charge in [0, 0.05) is 7.05 Å². The average molecular weight is 267 g/mol. The van der Waals surface area contributed by atoms with E-state index in [1.807, 2.05) is 0 Å². The van der Waals surface area contributed by atoms with Crippen molar-refractivity contribution in [3.8, 4) is 0 Å². The third-order valence-electron chi connectivity index (χ3n) is 1.80. The Kier molecular flexibility index (Phi) is 3.51. The highest BCUT2D eigenvalue weighted by atomic mass is 35.5. The zero-order valence-corrected chi connectivity index (χ0v) is 9.69. The molecular weight excluding hydrogens is 259 g/mol. The Morgan fingerprint density at radius 1 is 1.50 bits per heavy atom. The minimum Gasteiger partial charge on any atom is -0.355 e. The summed E-state index contributed by atoms with van der Waals surface area (Å²) in [5.41, 5.74) is -0.434. The van der Waals surface area contributed by atoms with E-state index in [0.29, 0.717) is 0 Å². The molecule has 0 unspecified atom stereocenters. The molecule has 0 heterocycles. The van der Waals surface area contributed by atoms with Gasteiger partial charge in [0.2, 0.25) is 10.0 Å². The maximum Gasteiger partial charge on any atom is 0.254 e. The third-order valence-corrected chi connectivity index (χ3v) is 3.18. The molecule has 0 aliphatic heterocycles. The summed E-state index contributed by atoms with van der Waals surface area (Å²) in [7, 11) is -2.81. The van der Waals surface area contributed by atoms with Crippen LogP contribution in [0.5, 0.6) is 0 Å². The summed E-state index contributed by atoms with van der Waals surface area (Å²) in [5, 5.41) is 6.65. The molecule has 16 heavy (non-hydrogen) atoms. The molecule has 0 bridgehead atoms. The molecule has 88 valence electrons. The Balaban J connectivity index is 3.51. The monoisotopic (exact) mass is 266 g/mol. The lowest BCUT2D eigenvalue weighted by atomic mass is 10.2. The van der Waals surface area contributed by atoms with Crippen molar-refractivity contribution in [1.29, 1.82) is 0 Å². The van der Waals surface area contributed by atoms with Crippen molar-refractivity contribution >= 4 is 27.5 Å². The molecule has 1 aromatic rings. The standard InChI is InChI=1S/C8H8ClFN2O3S/c1-12-8(13)4-2-7(16(11,14)15)5(9)3-6(4)10/h2-3H,1H3,(H,12,13)(H2,11,14,15). The van der Waals surface area contributed by atoms with E-state index in [1.54, 1.807) is 0 Å². The van der Waals surface area contributed by atoms with Crippen molar-refractivity contribution in [3.63, 3.8) is 0 Å². The molecule has 0 aliphatic carbocycles. The molecule has 1 amide bonds. The van der Waals surface area contributed by atoms with Crippen LogP contribution in [0.15, 0.2) is 17.0 Å². The van der Waals surface area contributed by atoms with Crippen LogP contribution in [-0.4, -0.2) is 21.4 Å². The van der Waals surface area contributed by atoms with Crippen molar-refractivity contribution in [1.82, 2.24) is 5.32 Å². The van der Waals surface area contributed by atoms with E-state index in [0.717, 1.165) is 12.1 Å². The Morgan fingerprint density at radius 3 is 2.50 bits per heavy atom. The Labute approximate surface area is 96.4 Å². The second kappa shape index (κ2) is 4.36. The second-order valence-electron chi connectivity index (χ2n) is 2.89. The van der Waals surface area contributed by atoms with E-state index in [9.17, 15) is 17.6 Å². The van der Waals surface area contributed by atoms with Gasteiger partial charge in [0.05, 0.1) is 10.6 Å². The van der Waals surface area contributed by atoms with Crippen molar-refractivity contribution < 1.29 is 17.6 Å². The predicted molar refractivity (Wildman–Crippen MR) is 56.2 cm³/mol. The van der Waals surface area contributed by atoms with Gasteiger partial charge in [-0.2, -0.15) is 0 Å². The highest BCUT2D eigenvalue weighted by Crippen LogP contribution is 2.23. The number of primary sulfonamides is 1. The quantitative estimate of drug-likeness (QED) is 0.816. The van der Waals surface area contributed by atoms with E-state index >= 15 is 0 Å². The summed E-state index contributed by atoms with van der Waals surface area (Å²) in [6.45, 7) is 0. The number of nitrogens with two attached hydrogens (primary N) is 1. The minimum atomic E-state index is -4.09. The Morgan fingerprint density at radius 2 is 2.06 bits per heavy atom. The number of hydrogen-bond acceptors (Lipinski definition) is 3. The molecule has 0 saturated heterocycles. The summed E-state index contributed by atoms with van der Waals surface area (Å²) in [5.74, 6) is -1.68. The maximum atomic E-state index is 13.3. The van der Waals surface area contributed by atoms with Gasteiger partial charge in [-0.25, -0.2) is 17.9 Å². The first-order valence-electron chi connectivity index (χ1n) is 4.01. The van der Waals surface area contributed by atoms with Crippen molar-refractivity contribution in [2.24, 2.45) is 5.14 Å². The van der Waals surface area contributed by atoms with Crippen LogP contribution in [0.1, 0.15) is 10.4 Å². The number of benzene rings is 1. The lowest BCUT2D eigenvalue weighted by Crippen LogP contribution is -2.21. The first-order valence-corrected chi connectivity index (χ1v) is 5.93. The number of sulfonamides is 1. The zero-order chi connectivity index (χ0) is 12.5. The predicted octanol–water partition coefficient (Wildman–Crippen LogP) is 0.486. The normalized spacial score (nSPS) is 11.2. The van der Waals surface area contributed by atoms with Gasteiger partial charge in [-0.15, -0.1) is 0 Å². The summed E-state index contributed by atoms with van der Waals surface area (Å²) >= 11 is 5.50.